The van der Waals surface area contributed by atoms with Gasteiger partial charge in [0.2, 0.25) is 5.95 Å². The first-order valence-corrected chi connectivity index (χ1v) is 7.09. The first kappa shape index (κ1) is 15.7. The lowest BCUT2D eigenvalue weighted by atomic mass is 10.0. The zero-order valence-corrected chi connectivity index (χ0v) is 12.4. The Labute approximate surface area is 136 Å². The van der Waals surface area contributed by atoms with Crippen molar-refractivity contribution in [2.75, 3.05) is 0 Å². The van der Waals surface area contributed by atoms with Gasteiger partial charge in [-0.05, 0) is 29.8 Å². The monoisotopic (exact) mass is 350 g/mol. The normalized spacial score (nSPS) is 22.2. The van der Waals surface area contributed by atoms with Gasteiger partial charge in [-0.3, -0.25) is 20.1 Å². The van der Waals surface area contributed by atoms with Crippen molar-refractivity contribution in [3.05, 3.63) is 67.8 Å². The summed E-state index contributed by atoms with van der Waals surface area (Å²) >= 11 is 0.806. The van der Waals surface area contributed by atoms with E-state index in [0.717, 1.165) is 29.8 Å². The van der Waals surface area contributed by atoms with Gasteiger partial charge in [-0.2, -0.15) is 9.45 Å². The number of allylic oxidation sites excluding steroid dienone is 4. The molecule has 0 unspecified atom stereocenters. The summed E-state index contributed by atoms with van der Waals surface area (Å²) in [4.78, 5) is 21.6. The maximum Gasteiger partial charge on any atom is 0.320 e. The summed E-state index contributed by atoms with van der Waals surface area (Å²) in [6.45, 7) is 0. The number of aliphatic hydroxyl groups is 1. The maximum absolute atomic E-state index is 13.5. The zero-order valence-electron chi connectivity index (χ0n) is 11.6. The predicted octanol–water partition coefficient (Wildman–Crippen LogP) is 0.0541. The number of hydrogen-bond acceptors (Lipinski definition) is 9. The topological polar surface area (TPSA) is 130 Å². The van der Waals surface area contributed by atoms with Crippen molar-refractivity contribution in [3.8, 4) is 0 Å². The number of ketones is 1. The van der Waals surface area contributed by atoms with Crippen molar-refractivity contribution < 1.29 is 24.4 Å². The van der Waals surface area contributed by atoms with E-state index in [-0.39, 0.29) is 26.2 Å². The molecule has 2 heterocycles. The molecule has 11 heteroatoms. The number of hydrogen-bond donors (Lipinski definition) is 2. The fourth-order valence-electron chi connectivity index (χ4n) is 2.07. The summed E-state index contributed by atoms with van der Waals surface area (Å²) in [6, 6.07) is 0. The first-order chi connectivity index (χ1) is 11.4. The Balaban J connectivity index is 2.34. The van der Waals surface area contributed by atoms with Crippen LogP contribution in [0.15, 0.2) is 47.8 Å². The van der Waals surface area contributed by atoms with Gasteiger partial charge in [-0.1, -0.05) is 10.6 Å². The van der Waals surface area contributed by atoms with Crippen LogP contribution in [0.3, 0.4) is 0 Å². The SMILES string of the molecule is O=C1C(O)=CC(=c2nnsc2=C2C=CC=C(F)N2O)C=C1[N+](=O)[O-]. The van der Waals surface area contributed by atoms with E-state index in [0.29, 0.717) is 0 Å². The number of rotatable bonds is 1. The highest BCUT2D eigenvalue weighted by atomic mass is 32.1. The molecule has 0 aromatic carbocycles. The number of nitrogens with zero attached hydrogens (tertiary/aromatic N) is 4. The molecular weight excluding hydrogens is 343 g/mol. The Hall–Kier alpha value is -3.18. The van der Waals surface area contributed by atoms with Crippen molar-refractivity contribution in [2.24, 2.45) is 0 Å². The average molecular weight is 350 g/mol. The lowest BCUT2D eigenvalue weighted by Gasteiger charge is -2.16. The fourth-order valence-corrected chi connectivity index (χ4v) is 2.76. The Morgan fingerprint density at radius 3 is 2.83 bits per heavy atom. The van der Waals surface area contributed by atoms with Crippen LogP contribution < -0.4 is 9.88 Å². The lowest BCUT2D eigenvalue weighted by molar-refractivity contribution is -0.418. The average Bonchev–Trinajstić information content (AvgIpc) is 3.01. The highest BCUT2D eigenvalue weighted by molar-refractivity contribution is 7.03. The third-order valence-corrected chi connectivity index (χ3v) is 3.91. The van der Waals surface area contributed by atoms with Crippen LogP contribution in [0, 0.1) is 10.1 Å². The molecule has 0 saturated carbocycles. The number of halogens is 1. The summed E-state index contributed by atoms with van der Waals surface area (Å²) in [6.07, 6.45) is 5.69. The highest BCUT2D eigenvalue weighted by Gasteiger charge is 2.30. The molecule has 2 aliphatic rings. The highest BCUT2D eigenvalue weighted by Crippen LogP contribution is 2.19. The van der Waals surface area contributed by atoms with E-state index in [2.05, 4.69) is 9.59 Å². The van der Waals surface area contributed by atoms with E-state index in [4.69, 9.17) is 0 Å². The minimum Gasteiger partial charge on any atom is -0.504 e. The molecule has 0 saturated heterocycles. The summed E-state index contributed by atoms with van der Waals surface area (Å²) < 4.78 is 17.4. The van der Waals surface area contributed by atoms with Gasteiger partial charge >= 0.3 is 5.70 Å². The molecule has 1 aromatic rings. The number of carbonyl (C=O) groups excluding carboxylic acids is 1. The van der Waals surface area contributed by atoms with Gasteiger partial charge < -0.3 is 5.11 Å². The van der Waals surface area contributed by atoms with Gasteiger partial charge in [-0.15, -0.1) is 5.10 Å². The molecule has 1 aliphatic carbocycles. The summed E-state index contributed by atoms with van der Waals surface area (Å²) in [7, 11) is 0. The van der Waals surface area contributed by atoms with Crippen molar-refractivity contribution in [1.82, 2.24) is 14.7 Å². The lowest BCUT2D eigenvalue weighted by Crippen LogP contribution is -2.32. The van der Waals surface area contributed by atoms with Gasteiger partial charge in [-0.25, -0.2) is 0 Å². The van der Waals surface area contributed by atoms with E-state index < -0.39 is 28.1 Å². The van der Waals surface area contributed by atoms with Gasteiger partial charge in [0.25, 0.3) is 5.78 Å². The second-order valence-electron chi connectivity index (χ2n) is 4.60. The van der Waals surface area contributed by atoms with Crippen LogP contribution >= 0.6 is 11.5 Å². The van der Waals surface area contributed by atoms with Gasteiger partial charge in [0, 0.05) is 11.6 Å². The Morgan fingerprint density at radius 1 is 1.38 bits per heavy atom. The van der Waals surface area contributed by atoms with Crippen LogP contribution in [0.2, 0.25) is 0 Å². The third-order valence-electron chi connectivity index (χ3n) is 3.16. The molecule has 3 rings (SSSR count). The van der Waals surface area contributed by atoms with Gasteiger partial charge in [0.05, 0.1) is 10.6 Å². The van der Waals surface area contributed by atoms with Gasteiger partial charge in [0.15, 0.2) is 5.76 Å². The van der Waals surface area contributed by atoms with Crippen LogP contribution in [0.25, 0.3) is 11.3 Å². The standard InChI is InChI=1S/C13H7FN4O5S/c14-10-3-1-2-7(17(10)21)13-11(15-16-24-13)6-4-8(18(22)23)12(20)9(19)5-6/h1-5,19,21H. The predicted molar refractivity (Wildman–Crippen MR) is 78.7 cm³/mol. The van der Waals surface area contributed by atoms with Gasteiger partial charge in [0.1, 0.15) is 9.88 Å². The van der Waals surface area contributed by atoms with Crippen LogP contribution in [0.5, 0.6) is 0 Å². The number of Topliss-reactive ketones (excluding diaryl/α,β-unsaturated/α-hetero) is 1. The number of aromatic nitrogens is 2. The second-order valence-corrected chi connectivity index (χ2v) is 5.35. The first-order valence-electron chi connectivity index (χ1n) is 6.31. The zero-order chi connectivity index (χ0) is 17.4. The van der Waals surface area contributed by atoms with E-state index in [1.165, 1.54) is 12.2 Å². The number of hydroxylamine groups is 2. The van der Waals surface area contributed by atoms with E-state index >= 15 is 0 Å². The molecular formula is C13H7FN4O5S. The quantitative estimate of drug-likeness (QED) is 0.413. The molecule has 24 heavy (non-hydrogen) atoms. The van der Waals surface area contributed by atoms with Crippen molar-refractivity contribution in [3.63, 3.8) is 0 Å². The number of carbonyl (C=O) groups is 1. The smallest absolute Gasteiger partial charge is 0.320 e. The molecule has 1 aliphatic heterocycles. The molecule has 9 nitrogen and oxygen atoms in total. The fraction of sp³-hybridized carbons (Fsp3) is 0. The molecule has 122 valence electrons. The number of nitro groups is 1. The molecule has 2 N–H and O–H groups in total. The second kappa shape index (κ2) is 5.79. The summed E-state index contributed by atoms with van der Waals surface area (Å²) in [5, 5.41) is 34.4. The molecule has 1 aromatic heterocycles. The molecule has 0 bridgehead atoms. The van der Waals surface area contributed by atoms with E-state index in [1.807, 2.05) is 0 Å². The Bertz CT molecular complexity index is 1000. The van der Waals surface area contributed by atoms with E-state index in [9.17, 15) is 29.6 Å². The largest absolute Gasteiger partial charge is 0.504 e. The summed E-state index contributed by atoms with van der Waals surface area (Å²) in [5.41, 5.74) is -0.791. The molecule has 0 radical (unpaired) electrons. The van der Waals surface area contributed by atoms with Crippen molar-refractivity contribution in [1.29, 1.82) is 0 Å². The third kappa shape index (κ3) is 2.51. The maximum atomic E-state index is 13.5. The van der Waals surface area contributed by atoms with Crippen LogP contribution in [-0.2, 0) is 4.79 Å². The molecule has 0 atom stereocenters. The minimum absolute atomic E-state index is 0.00772. The van der Waals surface area contributed by atoms with Crippen molar-refractivity contribution in [2.45, 2.75) is 0 Å². The van der Waals surface area contributed by atoms with Crippen LogP contribution in [-0.4, -0.2) is 35.7 Å². The van der Waals surface area contributed by atoms with Crippen LogP contribution in [0.1, 0.15) is 0 Å². The molecule has 0 fully saturated rings. The van der Waals surface area contributed by atoms with Crippen molar-refractivity contribution >= 4 is 28.6 Å². The molecule has 0 spiro atoms. The van der Waals surface area contributed by atoms with Crippen LogP contribution in [0.4, 0.5) is 4.39 Å². The Kier molecular flexibility index (Phi) is 3.79. The number of aliphatic hydroxyl groups excluding tert-OH is 1. The minimum atomic E-state index is -1.13. The summed E-state index contributed by atoms with van der Waals surface area (Å²) in [5.74, 6) is -2.89. The van der Waals surface area contributed by atoms with E-state index in [1.54, 1.807) is 0 Å². The molecule has 0 amide bonds. The Morgan fingerprint density at radius 2 is 2.12 bits per heavy atom.